The van der Waals surface area contributed by atoms with Crippen LogP contribution in [0.5, 0.6) is 23.0 Å². The second kappa shape index (κ2) is 9.40. The fourth-order valence-corrected chi connectivity index (χ4v) is 2.59. The predicted molar refractivity (Wildman–Crippen MR) is 108 cm³/mol. The van der Waals surface area contributed by atoms with Crippen LogP contribution in [0.25, 0.3) is 0 Å². The van der Waals surface area contributed by atoms with E-state index in [2.05, 4.69) is 6.07 Å². The molecule has 0 heterocycles. The van der Waals surface area contributed by atoms with Crippen molar-refractivity contribution < 1.29 is 19.0 Å². The van der Waals surface area contributed by atoms with Gasteiger partial charge >= 0.3 is 5.97 Å². The summed E-state index contributed by atoms with van der Waals surface area (Å²) in [4.78, 5) is 12.2. The fraction of sp³-hybridized carbons (Fsp3) is 0.130. The molecule has 0 aliphatic carbocycles. The molecule has 3 aromatic rings. The maximum absolute atomic E-state index is 12.2. The molecular weight excluding hydrogens is 368 g/mol. The smallest absolute Gasteiger partial charge is 0.338 e. The third-order valence-corrected chi connectivity index (χ3v) is 4.01. The Hall–Kier alpha value is -3.82. The number of nitriles is 1. The molecule has 6 nitrogen and oxygen atoms in total. The minimum absolute atomic E-state index is 0.260. The van der Waals surface area contributed by atoms with Crippen LogP contribution in [0.1, 0.15) is 28.4 Å². The number of rotatable bonds is 7. The van der Waals surface area contributed by atoms with Gasteiger partial charge in [-0.25, -0.2) is 4.79 Å². The summed E-state index contributed by atoms with van der Waals surface area (Å²) in [6, 6.07) is 20.9. The van der Waals surface area contributed by atoms with Gasteiger partial charge in [0.15, 0.2) is 0 Å². The van der Waals surface area contributed by atoms with Crippen molar-refractivity contribution in [3.05, 3.63) is 83.4 Å². The molecule has 0 saturated heterocycles. The van der Waals surface area contributed by atoms with Crippen molar-refractivity contribution in [1.82, 2.24) is 0 Å². The van der Waals surface area contributed by atoms with E-state index in [1.54, 1.807) is 61.5 Å². The molecule has 0 spiro atoms. The summed E-state index contributed by atoms with van der Waals surface area (Å²) in [5.74, 6) is 1.51. The van der Waals surface area contributed by atoms with E-state index in [0.717, 1.165) is 5.56 Å². The molecule has 3 aromatic carbocycles. The third-order valence-electron chi connectivity index (χ3n) is 4.01. The number of nitrogens with zero attached hydrogens (tertiary/aromatic N) is 1. The molecule has 6 heteroatoms. The van der Waals surface area contributed by atoms with Gasteiger partial charge in [-0.05, 0) is 61.0 Å². The summed E-state index contributed by atoms with van der Waals surface area (Å²) < 4.78 is 16.8. The first kappa shape index (κ1) is 19.9. The number of esters is 1. The quantitative estimate of drug-likeness (QED) is 0.586. The van der Waals surface area contributed by atoms with Crippen LogP contribution in [0, 0.1) is 11.3 Å². The Morgan fingerprint density at radius 2 is 1.45 bits per heavy atom. The van der Waals surface area contributed by atoms with Crippen LogP contribution in [0.15, 0.2) is 66.7 Å². The van der Waals surface area contributed by atoms with Gasteiger partial charge in [0.05, 0.1) is 23.8 Å². The van der Waals surface area contributed by atoms with Crippen molar-refractivity contribution in [2.24, 2.45) is 5.73 Å². The number of benzene rings is 3. The molecule has 0 aromatic heterocycles. The molecule has 0 atom stereocenters. The van der Waals surface area contributed by atoms with Gasteiger partial charge in [-0.3, -0.25) is 0 Å². The summed E-state index contributed by atoms with van der Waals surface area (Å²) in [7, 11) is 0. The molecule has 0 fully saturated rings. The topological polar surface area (TPSA) is 94.6 Å². The highest BCUT2D eigenvalue weighted by atomic mass is 16.5. The summed E-state index contributed by atoms with van der Waals surface area (Å²) in [6.45, 7) is 2.45. The molecule has 0 aliphatic rings. The zero-order valence-electron chi connectivity index (χ0n) is 15.9. The largest absolute Gasteiger partial charge is 0.462 e. The predicted octanol–water partition coefficient (Wildman–Crippen LogP) is 4.78. The lowest BCUT2D eigenvalue weighted by molar-refractivity contribution is 0.0525. The molecule has 3 rings (SSSR count). The van der Waals surface area contributed by atoms with Gasteiger partial charge in [0.25, 0.3) is 0 Å². The lowest BCUT2D eigenvalue weighted by Crippen LogP contribution is -2.05. The van der Waals surface area contributed by atoms with E-state index < -0.39 is 5.97 Å². The lowest BCUT2D eigenvalue weighted by Gasteiger charge is -2.12. The molecule has 0 bridgehead atoms. The van der Waals surface area contributed by atoms with Gasteiger partial charge in [0.2, 0.25) is 0 Å². The normalized spacial score (nSPS) is 10.1. The van der Waals surface area contributed by atoms with Crippen LogP contribution in [0.4, 0.5) is 0 Å². The second-order valence-electron chi connectivity index (χ2n) is 6.10. The van der Waals surface area contributed by atoms with Gasteiger partial charge in [-0.15, -0.1) is 0 Å². The van der Waals surface area contributed by atoms with Crippen LogP contribution in [0.3, 0.4) is 0 Å². The molecular formula is C23H20N2O4. The third kappa shape index (κ3) is 5.34. The van der Waals surface area contributed by atoms with Crippen LogP contribution >= 0.6 is 0 Å². The average Bonchev–Trinajstić information content (AvgIpc) is 2.75. The van der Waals surface area contributed by atoms with Gasteiger partial charge in [-0.2, -0.15) is 5.26 Å². The Bertz CT molecular complexity index is 1020. The molecule has 0 saturated carbocycles. The lowest BCUT2D eigenvalue weighted by atomic mass is 10.2. The molecule has 2 N–H and O–H groups in total. The Balaban J connectivity index is 1.89. The number of nitrogens with two attached hydrogens (primary N) is 1. The molecule has 0 radical (unpaired) electrons. The maximum atomic E-state index is 12.2. The SMILES string of the molecule is CCOC(=O)c1cc(Oc2ccc(C#N)cc2)cc(Oc2ccc(CN)cc2)c1. The highest BCUT2D eigenvalue weighted by Crippen LogP contribution is 2.31. The number of hydrogen-bond acceptors (Lipinski definition) is 6. The van der Waals surface area contributed by atoms with E-state index in [-0.39, 0.29) is 6.61 Å². The summed E-state index contributed by atoms with van der Waals surface area (Å²) >= 11 is 0. The zero-order valence-corrected chi connectivity index (χ0v) is 15.9. The van der Waals surface area contributed by atoms with E-state index >= 15 is 0 Å². The van der Waals surface area contributed by atoms with Crippen molar-refractivity contribution in [2.45, 2.75) is 13.5 Å². The Kier molecular flexibility index (Phi) is 6.46. The van der Waals surface area contributed by atoms with Gasteiger partial charge < -0.3 is 19.9 Å². The highest BCUT2D eigenvalue weighted by molar-refractivity contribution is 5.90. The summed E-state index contributed by atoms with van der Waals surface area (Å²) in [6.07, 6.45) is 0. The van der Waals surface area contributed by atoms with E-state index in [1.807, 2.05) is 12.1 Å². The van der Waals surface area contributed by atoms with Crippen molar-refractivity contribution in [3.8, 4) is 29.1 Å². The van der Waals surface area contributed by atoms with Crippen molar-refractivity contribution in [2.75, 3.05) is 6.61 Å². The van der Waals surface area contributed by atoms with Gasteiger partial charge in [-0.1, -0.05) is 12.1 Å². The van der Waals surface area contributed by atoms with Gasteiger partial charge in [0.1, 0.15) is 23.0 Å². The van der Waals surface area contributed by atoms with E-state index in [4.69, 9.17) is 25.2 Å². The highest BCUT2D eigenvalue weighted by Gasteiger charge is 2.13. The average molecular weight is 388 g/mol. The van der Waals surface area contributed by atoms with Crippen molar-refractivity contribution in [1.29, 1.82) is 5.26 Å². The Morgan fingerprint density at radius 1 is 0.897 bits per heavy atom. The number of hydrogen-bond donors (Lipinski definition) is 1. The second-order valence-corrected chi connectivity index (χ2v) is 6.10. The van der Waals surface area contributed by atoms with Crippen LogP contribution in [0.2, 0.25) is 0 Å². The van der Waals surface area contributed by atoms with Crippen LogP contribution < -0.4 is 15.2 Å². The zero-order chi connectivity index (χ0) is 20.6. The van der Waals surface area contributed by atoms with E-state index in [0.29, 0.717) is 40.7 Å². The van der Waals surface area contributed by atoms with Gasteiger partial charge in [0, 0.05) is 12.6 Å². The maximum Gasteiger partial charge on any atom is 0.338 e. The Morgan fingerprint density at radius 3 is 1.93 bits per heavy atom. The standard InChI is InChI=1S/C23H20N2O4/c1-2-27-23(26)18-11-21(28-19-7-3-16(14-24)4-8-19)13-22(12-18)29-20-9-5-17(15-25)6-10-20/h3-13H,2,14,24H2,1H3. The van der Waals surface area contributed by atoms with Crippen LogP contribution in [-0.4, -0.2) is 12.6 Å². The number of carbonyl (C=O) groups excluding carboxylic acids is 1. The first-order valence-electron chi connectivity index (χ1n) is 9.08. The Labute approximate surface area is 169 Å². The first-order chi connectivity index (χ1) is 14.1. The monoisotopic (exact) mass is 388 g/mol. The minimum Gasteiger partial charge on any atom is -0.462 e. The van der Waals surface area contributed by atoms with Crippen LogP contribution in [-0.2, 0) is 11.3 Å². The molecule has 0 unspecified atom stereocenters. The first-order valence-corrected chi connectivity index (χ1v) is 9.08. The fourth-order valence-electron chi connectivity index (χ4n) is 2.59. The summed E-state index contributed by atoms with van der Waals surface area (Å²) in [5, 5.41) is 8.91. The summed E-state index contributed by atoms with van der Waals surface area (Å²) in [5.41, 5.74) is 7.45. The van der Waals surface area contributed by atoms with E-state index in [1.165, 1.54) is 0 Å². The van der Waals surface area contributed by atoms with Crippen molar-refractivity contribution >= 4 is 5.97 Å². The molecule has 29 heavy (non-hydrogen) atoms. The molecule has 146 valence electrons. The number of ether oxygens (including phenoxy) is 3. The molecule has 0 amide bonds. The minimum atomic E-state index is -0.471. The van der Waals surface area contributed by atoms with E-state index in [9.17, 15) is 4.79 Å². The number of carbonyl (C=O) groups is 1. The van der Waals surface area contributed by atoms with Crippen molar-refractivity contribution in [3.63, 3.8) is 0 Å². The molecule has 0 aliphatic heterocycles.